The molecule has 0 atom stereocenters. The van der Waals surface area contributed by atoms with E-state index in [1.165, 1.54) is 16.7 Å². The largest absolute Gasteiger partial charge is 0.497 e. The molecular formula is C20H19NO. The highest BCUT2D eigenvalue weighted by atomic mass is 16.5. The van der Waals surface area contributed by atoms with Crippen molar-refractivity contribution in [3.05, 3.63) is 84.4 Å². The molecule has 22 heavy (non-hydrogen) atoms. The first-order chi connectivity index (χ1) is 10.8. The summed E-state index contributed by atoms with van der Waals surface area (Å²) in [6, 6.07) is 27.0. The smallest absolute Gasteiger partial charge is 0.118 e. The Morgan fingerprint density at radius 1 is 0.727 bits per heavy atom. The fourth-order valence-electron chi connectivity index (χ4n) is 2.36. The first kappa shape index (κ1) is 14.2. The van der Waals surface area contributed by atoms with Crippen LogP contribution in [0.2, 0.25) is 0 Å². The Balaban J connectivity index is 1.67. The Bertz CT molecular complexity index is 703. The van der Waals surface area contributed by atoms with Crippen molar-refractivity contribution in [2.75, 3.05) is 12.4 Å². The van der Waals surface area contributed by atoms with Crippen molar-refractivity contribution < 1.29 is 4.74 Å². The molecule has 0 aliphatic carbocycles. The standard InChI is InChI=1S/C20H19NO/c1-22-20-13-11-18(12-14-20)17-9-7-16(8-10-17)15-21-19-5-3-2-4-6-19/h2-14,21H,15H2,1H3. The molecule has 0 aliphatic rings. The molecule has 0 aromatic heterocycles. The Hall–Kier alpha value is -2.74. The molecule has 2 nitrogen and oxygen atoms in total. The van der Waals surface area contributed by atoms with Gasteiger partial charge >= 0.3 is 0 Å². The molecule has 0 unspecified atom stereocenters. The lowest BCUT2D eigenvalue weighted by molar-refractivity contribution is 0.415. The van der Waals surface area contributed by atoms with Gasteiger partial charge in [0, 0.05) is 12.2 Å². The first-order valence-electron chi connectivity index (χ1n) is 7.37. The molecule has 110 valence electrons. The van der Waals surface area contributed by atoms with E-state index in [1.807, 2.05) is 30.3 Å². The molecule has 1 N–H and O–H groups in total. The van der Waals surface area contributed by atoms with Crippen LogP contribution in [0.3, 0.4) is 0 Å². The molecule has 0 saturated carbocycles. The van der Waals surface area contributed by atoms with Crippen LogP contribution in [0, 0.1) is 0 Å². The molecule has 0 heterocycles. The van der Waals surface area contributed by atoms with Crippen LogP contribution in [0.15, 0.2) is 78.9 Å². The molecule has 2 heteroatoms. The van der Waals surface area contributed by atoms with Crippen molar-refractivity contribution in [3.63, 3.8) is 0 Å². The molecule has 3 aromatic carbocycles. The zero-order valence-corrected chi connectivity index (χ0v) is 12.6. The SMILES string of the molecule is COc1ccc(-c2ccc(CNc3ccccc3)cc2)cc1. The Morgan fingerprint density at radius 3 is 1.91 bits per heavy atom. The van der Waals surface area contributed by atoms with Gasteiger partial charge in [0.2, 0.25) is 0 Å². The van der Waals surface area contributed by atoms with E-state index in [4.69, 9.17) is 4.74 Å². The summed E-state index contributed by atoms with van der Waals surface area (Å²) in [6.45, 7) is 0.826. The summed E-state index contributed by atoms with van der Waals surface area (Å²) < 4.78 is 5.19. The van der Waals surface area contributed by atoms with Gasteiger partial charge in [-0.1, -0.05) is 54.6 Å². The topological polar surface area (TPSA) is 21.3 Å². The second-order valence-electron chi connectivity index (χ2n) is 5.15. The average Bonchev–Trinajstić information content (AvgIpc) is 2.61. The fraction of sp³-hybridized carbons (Fsp3) is 0.100. The molecule has 3 aromatic rings. The number of ether oxygens (including phenoxy) is 1. The predicted octanol–water partition coefficient (Wildman–Crippen LogP) is 4.97. The number of nitrogens with one attached hydrogen (secondary N) is 1. The van der Waals surface area contributed by atoms with E-state index in [9.17, 15) is 0 Å². The van der Waals surface area contributed by atoms with Crippen LogP contribution < -0.4 is 10.1 Å². The van der Waals surface area contributed by atoms with Crippen LogP contribution in [0.1, 0.15) is 5.56 Å². The lowest BCUT2D eigenvalue weighted by Crippen LogP contribution is -1.98. The maximum Gasteiger partial charge on any atom is 0.118 e. The third-order valence-corrected chi connectivity index (χ3v) is 3.65. The van der Waals surface area contributed by atoms with E-state index in [0.717, 1.165) is 18.0 Å². The van der Waals surface area contributed by atoms with E-state index in [0.29, 0.717) is 0 Å². The van der Waals surface area contributed by atoms with Gasteiger partial charge in [0.1, 0.15) is 5.75 Å². The van der Waals surface area contributed by atoms with Crippen LogP contribution >= 0.6 is 0 Å². The minimum Gasteiger partial charge on any atom is -0.497 e. The van der Waals surface area contributed by atoms with Gasteiger partial charge in [-0.05, 0) is 41.0 Å². The van der Waals surface area contributed by atoms with Crippen LogP contribution in [0.25, 0.3) is 11.1 Å². The summed E-state index contributed by atoms with van der Waals surface area (Å²) in [7, 11) is 1.68. The maximum atomic E-state index is 5.19. The number of methoxy groups -OCH3 is 1. The highest BCUT2D eigenvalue weighted by Gasteiger charge is 1.99. The summed E-state index contributed by atoms with van der Waals surface area (Å²) in [5.74, 6) is 0.882. The van der Waals surface area contributed by atoms with Gasteiger partial charge in [0.05, 0.1) is 7.11 Å². The van der Waals surface area contributed by atoms with Gasteiger partial charge in [0.25, 0.3) is 0 Å². The zero-order valence-electron chi connectivity index (χ0n) is 12.6. The quantitative estimate of drug-likeness (QED) is 0.715. The summed E-state index contributed by atoms with van der Waals surface area (Å²) in [5.41, 5.74) is 4.82. The third-order valence-electron chi connectivity index (χ3n) is 3.65. The van der Waals surface area contributed by atoms with Gasteiger partial charge in [0.15, 0.2) is 0 Å². The third kappa shape index (κ3) is 3.47. The average molecular weight is 289 g/mol. The van der Waals surface area contributed by atoms with Crippen molar-refractivity contribution in [1.82, 2.24) is 0 Å². The Kier molecular flexibility index (Phi) is 4.40. The number of hydrogen-bond acceptors (Lipinski definition) is 2. The van der Waals surface area contributed by atoms with Crippen LogP contribution in [0.5, 0.6) is 5.75 Å². The summed E-state index contributed by atoms with van der Waals surface area (Å²) in [4.78, 5) is 0. The Morgan fingerprint density at radius 2 is 1.32 bits per heavy atom. The molecule has 0 amide bonds. The summed E-state index contributed by atoms with van der Waals surface area (Å²) in [6.07, 6.45) is 0. The second kappa shape index (κ2) is 6.81. The molecule has 0 fully saturated rings. The van der Waals surface area contributed by atoms with Crippen molar-refractivity contribution in [2.45, 2.75) is 6.54 Å². The van der Waals surface area contributed by atoms with Gasteiger partial charge in [-0.15, -0.1) is 0 Å². The number of benzene rings is 3. The van der Waals surface area contributed by atoms with E-state index in [1.54, 1.807) is 7.11 Å². The summed E-state index contributed by atoms with van der Waals surface area (Å²) >= 11 is 0. The Labute approximate surface area is 131 Å². The van der Waals surface area contributed by atoms with Gasteiger partial charge < -0.3 is 10.1 Å². The number of para-hydroxylation sites is 1. The second-order valence-corrected chi connectivity index (χ2v) is 5.15. The van der Waals surface area contributed by atoms with Crippen molar-refractivity contribution >= 4 is 5.69 Å². The molecule has 0 spiro atoms. The minimum atomic E-state index is 0.826. The van der Waals surface area contributed by atoms with E-state index >= 15 is 0 Å². The molecule has 0 bridgehead atoms. The van der Waals surface area contributed by atoms with Crippen LogP contribution in [-0.2, 0) is 6.54 Å². The van der Waals surface area contributed by atoms with Gasteiger partial charge in [-0.3, -0.25) is 0 Å². The van der Waals surface area contributed by atoms with E-state index < -0.39 is 0 Å². The molecule has 0 aliphatic heterocycles. The summed E-state index contributed by atoms with van der Waals surface area (Å²) in [5, 5.41) is 3.42. The predicted molar refractivity (Wildman–Crippen MR) is 92.2 cm³/mol. The van der Waals surface area contributed by atoms with Gasteiger partial charge in [-0.2, -0.15) is 0 Å². The minimum absolute atomic E-state index is 0.826. The maximum absolute atomic E-state index is 5.19. The van der Waals surface area contributed by atoms with Crippen molar-refractivity contribution in [2.24, 2.45) is 0 Å². The highest BCUT2D eigenvalue weighted by Crippen LogP contribution is 2.23. The van der Waals surface area contributed by atoms with Crippen molar-refractivity contribution in [3.8, 4) is 16.9 Å². The first-order valence-corrected chi connectivity index (χ1v) is 7.37. The monoisotopic (exact) mass is 289 g/mol. The number of hydrogen-bond donors (Lipinski definition) is 1. The lowest BCUT2D eigenvalue weighted by atomic mass is 10.0. The fourth-order valence-corrected chi connectivity index (χ4v) is 2.36. The van der Waals surface area contributed by atoms with Crippen LogP contribution in [0.4, 0.5) is 5.69 Å². The number of anilines is 1. The molecule has 0 saturated heterocycles. The van der Waals surface area contributed by atoms with Crippen LogP contribution in [-0.4, -0.2) is 7.11 Å². The van der Waals surface area contributed by atoms with Gasteiger partial charge in [-0.25, -0.2) is 0 Å². The van der Waals surface area contributed by atoms with E-state index in [2.05, 4.69) is 53.8 Å². The highest BCUT2D eigenvalue weighted by molar-refractivity contribution is 5.64. The lowest BCUT2D eigenvalue weighted by Gasteiger charge is -2.08. The van der Waals surface area contributed by atoms with E-state index in [-0.39, 0.29) is 0 Å². The molecule has 3 rings (SSSR count). The molecule has 0 radical (unpaired) electrons. The van der Waals surface area contributed by atoms with Crippen molar-refractivity contribution in [1.29, 1.82) is 0 Å². The molecular weight excluding hydrogens is 270 g/mol. The normalized spacial score (nSPS) is 10.2. The number of rotatable bonds is 5. The zero-order chi connectivity index (χ0) is 15.2.